The molecule has 1 aromatic rings. The normalized spacial score (nSPS) is 18.7. The number of carbonyl (C=O) groups is 1. The minimum Gasteiger partial charge on any atom is -0.341 e. The molecule has 0 aliphatic carbocycles. The topological polar surface area (TPSA) is 46.3 Å². The Kier molecular flexibility index (Phi) is 5.40. The van der Waals surface area contributed by atoms with Crippen molar-refractivity contribution in [3.8, 4) is 0 Å². The molecule has 1 unspecified atom stereocenters. The lowest BCUT2D eigenvalue weighted by Gasteiger charge is -2.27. The molecule has 3 heteroatoms. The van der Waals surface area contributed by atoms with Gasteiger partial charge in [-0.1, -0.05) is 44.2 Å². The average molecular weight is 288 g/mol. The summed E-state index contributed by atoms with van der Waals surface area (Å²) in [6.07, 6.45) is 5.01. The van der Waals surface area contributed by atoms with E-state index in [1.165, 1.54) is 5.56 Å². The second-order valence-electron chi connectivity index (χ2n) is 6.35. The summed E-state index contributed by atoms with van der Waals surface area (Å²) < 4.78 is 0. The first-order valence-corrected chi connectivity index (χ1v) is 8.18. The predicted molar refractivity (Wildman–Crippen MR) is 87.0 cm³/mol. The molecular weight excluding hydrogens is 260 g/mol. The Morgan fingerprint density at radius 3 is 2.52 bits per heavy atom. The van der Waals surface area contributed by atoms with Gasteiger partial charge in [0.05, 0.1) is 6.04 Å². The number of likely N-dealkylation sites (tertiary alicyclic amines) is 1. The summed E-state index contributed by atoms with van der Waals surface area (Å²) in [5, 5.41) is 0. The van der Waals surface area contributed by atoms with Crippen LogP contribution in [0, 0.1) is 5.41 Å². The molecule has 0 saturated carbocycles. The number of carbonyl (C=O) groups excluding carboxylic acids is 1. The van der Waals surface area contributed by atoms with Gasteiger partial charge < -0.3 is 10.6 Å². The molecule has 1 aliphatic heterocycles. The lowest BCUT2D eigenvalue weighted by atomic mass is 9.82. The maximum atomic E-state index is 12.5. The Morgan fingerprint density at radius 2 is 1.95 bits per heavy atom. The molecule has 1 atom stereocenters. The van der Waals surface area contributed by atoms with Crippen LogP contribution in [0.15, 0.2) is 30.3 Å². The van der Waals surface area contributed by atoms with E-state index in [0.29, 0.717) is 5.41 Å². The lowest BCUT2D eigenvalue weighted by Crippen LogP contribution is -2.43. The van der Waals surface area contributed by atoms with Gasteiger partial charge in [0.15, 0.2) is 0 Å². The van der Waals surface area contributed by atoms with E-state index in [4.69, 9.17) is 5.73 Å². The van der Waals surface area contributed by atoms with Crippen LogP contribution in [0.2, 0.25) is 0 Å². The number of nitrogens with two attached hydrogens (primary N) is 1. The standard InChI is InChI=1S/C18H28N2O/c1-3-18(4-2)12-13-20(14-18)17(21)16(19)11-10-15-8-6-5-7-9-15/h5-9,16H,3-4,10-14,19H2,1-2H3. The van der Waals surface area contributed by atoms with Gasteiger partial charge in [-0.25, -0.2) is 0 Å². The van der Waals surface area contributed by atoms with E-state index in [0.717, 1.165) is 45.2 Å². The Labute approximate surface area is 128 Å². The molecule has 1 heterocycles. The predicted octanol–water partition coefficient (Wildman–Crippen LogP) is 2.99. The minimum absolute atomic E-state index is 0.134. The molecule has 0 bridgehead atoms. The first kappa shape index (κ1) is 16.0. The quantitative estimate of drug-likeness (QED) is 0.874. The van der Waals surface area contributed by atoms with Crippen molar-refractivity contribution in [2.24, 2.45) is 11.1 Å². The van der Waals surface area contributed by atoms with Crippen molar-refractivity contribution in [2.75, 3.05) is 13.1 Å². The molecule has 1 saturated heterocycles. The number of hydrogen-bond donors (Lipinski definition) is 1. The highest BCUT2D eigenvalue weighted by Gasteiger charge is 2.38. The zero-order chi connectivity index (χ0) is 15.3. The monoisotopic (exact) mass is 288 g/mol. The fraction of sp³-hybridized carbons (Fsp3) is 0.611. The van der Waals surface area contributed by atoms with Crippen LogP contribution in [0.1, 0.15) is 45.1 Å². The number of hydrogen-bond acceptors (Lipinski definition) is 2. The zero-order valence-electron chi connectivity index (χ0n) is 13.3. The first-order chi connectivity index (χ1) is 10.1. The summed E-state index contributed by atoms with van der Waals surface area (Å²) in [6.45, 7) is 6.22. The molecular formula is C18H28N2O. The molecule has 116 valence electrons. The maximum absolute atomic E-state index is 12.5. The van der Waals surface area contributed by atoms with Gasteiger partial charge in [-0.15, -0.1) is 0 Å². The molecule has 3 nitrogen and oxygen atoms in total. The van der Waals surface area contributed by atoms with Crippen LogP contribution in [-0.2, 0) is 11.2 Å². The van der Waals surface area contributed by atoms with Crippen LogP contribution in [0.5, 0.6) is 0 Å². The smallest absolute Gasteiger partial charge is 0.239 e. The van der Waals surface area contributed by atoms with Gasteiger partial charge in [0, 0.05) is 13.1 Å². The van der Waals surface area contributed by atoms with E-state index < -0.39 is 0 Å². The van der Waals surface area contributed by atoms with Gasteiger partial charge >= 0.3 is 0 Å². The number of nitrogens with zero attached hydrogens (tertiary/aromatic N) is 1. The van der Waals surface area contributed by atoms with Crippen LogP contribution >= 0.6 is 0 Å². The molecule has 1 aliphatic rings. The van der Waals surface area contributed by atoms with Crippen molar-refractivity contribution in [3.63, 3.8) is 0 Å². The second kappa shape index (κ2) is 7.08. The second-order valence-corrected chi connectivity index (χ2v) is 6.35. The number of amides is 1. The van der Waals surface area contributed by atoms with Crippen molar-refractivity contribution in [2.45, 2.75) is 52.0 Å². The number of aryl methyl sites for hydroxylation is 1. The fourth-order valence-corrected chi connectivity index (χ4v) is 3.28. The molecule has 0 radical (unpaired) electrons. The first-order valence-electron chi connectivity index (χ1n) is 8.18. The van der Waals surface area contributed by atoms with Crippen LogP contribution in [0.3, 0.4) is 0 Å². The Balaban J connectivity index is 1.86. The third-order valence-electron chi connectivity index (χ3n) is 5.15. The maximum Gasteiger partial charge on any atom is 0.239 e. The lowest BCUT2D eigenvalue weighted by molar-refractivity contribution is -0.132. The van der Waals surface area contributed by atoms with Gasteiger partial charge in [0.2, 0.25) is 5.91 Å². The van der Waals surface area contributed by atoms with Crippen molar-refractivity contribution < 1.29 is 4.79 Å². The minimum atomic E-state index is -0.366. The molecule has 1 amide bonds. The van der Waals surface area contributed by atoms with Crippen molar-refractivity contribution in [1.82, 2.24) is 4.90 Å². The number of rotatable bonds is 6. The Bertz CT molecular complexity index is 454. The van der Waals surface area contributed by atoms with E-state index in [9.17, 15) is 4.79 Å². The summed E-state index contributed by atoms with van der Waals surface area (Å²) in [5.74, 6) is 0.134. The summed E-state index contributed by atoms with van der Waals surface area (Å²) in [5.41, 5.74) is 7.70. The van der Waals surface area contributed by atoms with Crippen molar-refractivity contribution >= 4 is 5.91 Å². The third kappa shape index (κ3) is 3.85. The highest BCUT2D eigenvalue weighted by molar-refractivity contribution is 5.82. The molecule has 0 spiro atoms. The average Bonchev–Trinajstić information content (AvgIpc) is 2.98. The Morgan fingerprint density at radius 1 is 1.29 bits per heavy atom. The molecule has 0 aromatic heterocycles. The summed E-state index contributed by atoms with van der Waals surface area (Å²) in [7, 11) is 0. The molecule has 2 rings (SSSR count). The summed E-state index contributed by atoms with van der Waals surface area (Å²) in [6, 6.07) is 9.88. The summed E-state index contributed by atoms with van der Waals surface area (Å²) >= 11 is 0. The van der Waals surface area contributed by atoms with Crippen LogP contribution < -0.4 is 5.73 Å². The van der Waals surface area contributed by atoms with Gasteiger partial charge in [-0.05, 0) is 43.1 Å². The van der Waals surface area contributed by atoms with E-state index in [1.807, 2.05) is 23.1 Å². The number of benzene rings is 1. The SMILES string of the molecule is CCC1(CC)CCN(C(=O)C(N)CCc2ccccc2)C1. The molecule has 2 N–H and O–H groups in total. The molecule has 1 fully saturated rings. The largest absolute Gasteiger partial charge is 0.341 e. The van der Waals surface area contributed by atoms with Gasteiger partial charge in [0.25, 0.3) is 0 Å². The van der Waals surface area contributed by atoms with E-state index in [1.54, 1.807) is 0 Å². The highest BCUT2D eigenvalue weighted by Crippen LogP contribution is 2.37. The molecule has 1 aromatic carbocycles. The Hall–Kier alpha value is -1.35. The van der Waals surface area contributed by atoms with Crippen molar-refractivity contribution in [1.29, 1.82) is 0 Å². The van der Waals surface area contributed by atoms with Crippen LogP contribution in [0.25, 0.3) is 0 Å². The van der Waals surface area contributed by atoms with Crippen LogP contribution in [-0.4, -0.2) is 29.9 Å². The van der Waals surface area contributed by atoms with E-state index in [2.05, 4.69) is 26.0 Å². The highest BCUT2D eigenvalue weighted by atomic mass is 16.2. The summed E-state index contributed by atoms with van der Waals surface area (Å²) in [4.78, 5) is 14.5. The van der Waals surface area contributed by atoms with Gasteiger partial charge in [-0.3, -0.25) is 4.79 Å². The van der Waals surface area contributed by atoms with Gasteiger partial charge in [-0.2, -0.15) is 0 Å². The van der Waals surface area contributed by atoms with E-state index in [-0.39, 0.29) is 11.9 Å². The zero-order valence-corrected chi connectivity index (χ0v) is 13.3. The third-order valence-corrected chi connectivity index (χ3v) is 5.15. The van der Waals surface area contributed by atoms with Gasteiger partial charge in [0.1, 0.15) is 0 Å². The van der Waals surface area contributed by atoms with Crippen molar-refractivity contribution in [3.05, 3.63) is 35.9 Å². The fourth-order valence-electron chi connectivity index (χ4n) is 3.28. The molecule has 21 heavy (non-hydrogen) atoms. The van der Waals surface area contributed by atoms with E-state index >= 15 is 0 Å². The van der Waals surface area contributed by atoms with Crippen LogP contribution in [0.4, 0.5) is 0 Å².